The number of hydrogen-bond acceptors (Lipinski definition) is 7. The largest absolute Gasteiger partial charge is 0.486 e. The summed E-state index contributed by atoms with van der Waals surface area (Å²) in [4.78, 5) is 15.4. The summed E-state index contributed by atoms with van der Waals surface area (Å²) in [7, 11) is -3.85. The second-order valence-corrected chi connectivity index (χ2v) is 11.1. The molecule has 0 N–H and O–H groups in total. The van der Waals surface area contributed by atoms with Crippen LogP contribution in [0.15, 0.2) is 47.5 Å². The van der Waals surface area contributed by atoms with Crippen molar-refractivity contribution in [3.8, 4) is 11.5 Å². The van der Waals surface area contributed by atoms with Gasteiger partial charge in [-0.1, -0.05) is 6.07 Å². The van der Waals surface area contributed by atoms with E-state index in [4.69, 9.17) is 9.47 Å². The van der Waals surface area contributed by atoms with Crippen LogP contribution in [-0.2, 0) is 14.8 Å². The third-order valence-corrected chi connectivity index (χ3v) is 9.03. The highest BCUT2D eigenvalue weighted by molar-refractivity contribution is 7.89. The van der Waals surface area contributed by atoms with E-state index in [0.29, 0.717) is 57.2 Å². The number of hydrogen-bond donors (Lipinski definition) is 0. The van der Waals surface area contributed by atoms with Crippen LogP contribution < -0.4 is 9.47 Å². The van der Waals surface area contributed by atoms with Crippen molar-refractivity contribution in [1.82, 2.24) is 23.8 Å². The maximum Gasteiger partial charge on any atom is 0.243 e. The van der Waals surface area contributed by atoms with E-state index < -0.39 is 16.1 Å². The van der Waals surface area contributed by atoms with Crippen LogP contribution in [0.25, 0.3) is 5.65 Å². The molecule has 1 amide bonds. The van der Waals surface area contributed by atoms with Gasteiger partial charge in [0.25, 0.3) is 0 Å². The number of carbonyl (C=O) groups is 1. The molecule has 184 valence electrons. The van der Waals surface area contributed by atoms with Gasteiger partial charge < -0.3 is 14.4 Å². The minimum absolute atomic E-state index is 0.117. The van der Waals surface area contributed by atoms with Crippen LogP contribution in [0.1, 0.15) is 37.4 Å². The summed E-state index contributed by atoms with van der Waals surface area (Å²) < 4.78 is 41.4. The number of carbonyl (C=O) groups excluding carboxylic acids is 1. The van der Waals surface area contributed by atoms with Crippen molar-refractivity contribution in [3.05, 3.63) is 48.4 Å². The average Bonchev–Trinajstić information content (AvgIpc) is 3.56. The van der Waals surface area contributed by atoms with Gasteiger partial charge in [0.05, 0.1) is 4.90 Å². The lowest BCUT2D eigenvalue weighted by atomic mass is 9.95. The Balaban J connectivity index is 1.16. The van der Waals surface area contributed by atoms with Crippen molar-refractivity contribution >= 4 is 21.6 Å². The number of ether oxygens (including phenoxy) is 2. The van der Waals surface area contributed by atoms with E-state index in [1.54, 1.807) is 6.07 Å². The number of rotatable bonds is 4. The molecule has 0 bridgehead atoms. The van der Waals surface area contributed by atoms with Gasteiger partial charge in [0.1, 0.15) is 25.1 Å². The first-order valence-electron chi connectivity index (χ1n) is 12.0. The molecular formula is C24H27N5O5S. The molecule has 0 aliphatic carbocycles. The first-order chi connectivity index (χ1) is 17.0. The summed E-state index contributed by atoms with van der Waals surface area (Å²) in [5.74, 6) is 1.96. The zero-order valence-corrected chi connectivity index (χ0v) is 20.1. The number of benzene rings is 1. The summed E-state index contributed by atoms with van der Waals surface area (Å²) in [6.07, 6.45) is 4.67. The van der Waals surface area contributed by atoms with Crippen LogP contribution in [0.2, 0.25) is 0 Å². The predicted molar refractivity (Wildman–Crippen MR) is 126 cm³/mol. The Kier molecular flexibility index (Phi) is 5.60. The Labute approximate surface area is 203 Å². The molecule has 3 aliphatic heterocycles. The zero-order chi connectivity index (χ0) is 24.0. The summed E-state index contributed by atoms with van der Waals surface area (Å²) in [5, 5.41) is 8.62. The Bertz CT molecular complexity index is 1370. The minimum atomic E-state index is -3.85. The number of fused-ring (bicyclic) bond motifs is 2. The lowest BCUT2D eigenvalue weighted by Crippen LogP contribution is -2.49. The van der Waals surface area contributed by atoms with Gasteiger partial charge in [-0.2, -0.15) is 4.31 Å². The molecule has 0 spiro atoms. The summed E-state index contributed by atoms with van der Waals surface area (Å²) in [6.45, 7) is 2.28. The highest BCUT2D eigenvalue weighted by atomic mass is 32.2. The molecule has 3 aromatic rings. The van der Waals surface area contributed by atoms with Crippen molar-refractivity contribution in [3.63, 3.8) is 0 Å². The summed E-state index contributed by atoms with van der Waals surface area (Å²) in [6, 6.07) is 9.77. The van der Waals surface area contributed by atoms with Gasteiger partial charge in [-0.3, -0.25) is 9.20 Å². The highest BCUT2D eigenvalue weighted by Gasteiger charge is 2.42. The lowest BCUT2D eigenvalue weighted by molar-refractivity contribution is -0.135. The molecule has 6 rings (SSSR count). The van der Waals surface area contributed by atoms with E-state index in [1.807, 2.05) is 33.7 Å². The topological polar surface area (TPSA) is 106 Å². The monoisotopic (exact) mass is 497 g/mol. The Morgan fingerprint density at radius 2 is 1.74 bits per heavy atom. The molecule has 0 radical (unpaired) electrons. The Hall–Kier alpha value is -3.18. The molecule has 10 nitrogen and oxygen atoms in total. The number of piperidine rings is 1. The fourth-order valence-corrected chi connectivity index (χ4v) is 6.97. The zero-order valence-electron chi connectivity index (χ0n) is 19.2. The highest BCUT2D eigenvalue weighted by Crippen LogP contribution is 2.36. The third kappa shape index (κ3) is 3.92. The van der Waals surface area contributed by atoms with Gasteiger partial charge in [-0.25, -0.2) is 8.42 Å². The maximum absolute atomic E-state index is 13.5. The number of sulfonamides is 1. The third-order valence-electron chi connectivity index (χ3n) is 7.12. The molecule has 2 aromatic heterocycles. The Morgan fingerprint density at radius 3 is 2.57 bits per heavy atom. The van der Waals surface area contributed by atoms with E-state index in [0.717, 1.165) is 24.3 Å². The number of nitrogens with zero attached hydrogens (tertiary/aromatic N) is 5. The minimum Gasteiger partial charge on any atom is -0.486 e. The first kappa shape index (κ1) is 22.3. The molecule has 35 heavy (non-hydrogen) atoms. The molecule has 1 atom stereocenters. The van der Waals surface area contributed by atoms with E-state index in [9.17, 15) is 13.2 Å². The maximum atomic E-state index is 13.5. The second-order valence-electron chi connectivity index (χ2n) is 9.17. The average molecular weight is 498 g/mol. The van der Waals surface area contributed by atoms with Gasteiger partial charge in [0.15, 0.2) is 17.1 Å². The lowest BCUT2D eigenvalue weighted by Gasteiger charge is -2.34. The van der Waals surface area contributed by atoms with Crippen LogP contribution in [0, 0.1) is 0 Å². The Morgan fingerprint density at radius 1 is 0.943 bits per heavy atom. The molecular weight excluding hydrogens is 470 g/mol. The number of pyridine rings is 1. The van der Waals surface area contributed by atoms with Crippen LogP contribution in [0.3, 0.4) is 0 Å². The van der Waals surface area contributed by atoms with E-state index in [1.165, 1.54) is 16.4 Å². The van der Waals surface area contributed by atoms with E-state index >= 15 is 0 Å². The van der Waals surface area contributed by atoms with Crippen molar-refractivity contribution in [2.75, 3.05) is 32.8 Å². The quantitative estimate of drug-likeness (QED) is 0.543. The van der Waals surface area contributed by atoms with Gasteiger partial charge in [-0.15, -0.1) is 10.2 Å². The molecule has 11 heteroatoms. The number of likely N-dealkylation sites (tertiary alicyclic amines) is 1. The normalized spacial score (nSPS) is 21.5. The van der Waals surface area contributed by atoms with Gasteiger partial charge in [0, 0.05) is 37.8 Å². The number of amides is 1. The van der Waals surface area contributed by atoms with Crippen LogP contribution in [0.4, 0.5) is 0 Å². The molecule has 1 unspecified atom stereocenters. The van der Waals surface area contributed by atoms with E-state index in [-0.39, 0.29) is 16.7 Å². The summed E-state index contributed by atoms with van der Waals surface area (Å²) in [5.41, 5.74) is 0.812. The van der Waals surface area contributed by atoms with Crippen molar-refractivity contribution in [2.45, 2.75) is 42.5 Å². The van der Waals surface area contributed by atoms with Gasteiger partial charge >= 0.3 is 0 Å². The van der Waals surface area contributed by atoms with Crippen LogP contribution in [0.5, 0.6) is 11.5 Å². The second kappa shape index (κ2) is 8.80. The molecule has 2 fully saturated rings. The van der Waals surface area contributed by atoms with E-state index in [2.05, 4.69) is 10.2 Å². The summed E-state index contributed by atoms with van der Waals surface area (Å²) >= 11 is 0. The standard InChI is InChI=1S/C24H27N5O5S/c30-24(27-12-8-17(9-13-27)23-26-25-22-5-1-2-10-28(22)23)19-4-3-11-29(19)35(31,32)18-6-7-20-21(16-18)34-15-14-33-20/h1-2,5-7,10,16-17,19H,3-4,8-9,11-15H2. The fraction of sp³-hybridized carbons (Fsp3) is 0.458. The first-order valence-corrected chi connectivity index (χ1v) is 13.5. The molecule has 0 saturated carbocycles. The molecule has 3 aliphatic rings. The molecule has 2 saturated heterocycles. The smallest absolute Gasteiger partial charge is 0.243 e. The van der Waals surface area contributed by atoms with Crippen molar-refractivity contribution < 1.29 is 22.7 Å². The fourth-order valence-electron chi connectivity index (χ4n) is 5.30. The van der Waals surface area contributed by atoms with Crippen LogP contribution in [-0.4, -0.2) is 77.0 Å². The van der Waals surface area contributed by atoms with Gasteiger partial charge in [0.2, 0.25) is 15.9 Å². The molecule has 1 aromatic carbocycles. The number of aromatic nitrogens is 3. The molecule has 5 heterocycles. The SMILES string of the molecule is O=C(C1CCCN1S(=O)(=O)c1ccc2c(c1)OCCO2)N1CCC(c2nnc3ccccn23)CC1. The van der Waals surface area contributed by atoms with Crippen molar-refractivity contribution in [2.24, 2.45) is 0 Å². The van der Waals surface area contributed by atoms with Crippen molar-refractivity contribution in [1.29, 1.82) is 0 Å². The predicted octanol–water partition coefficient (Wildman–Crippen LogP) is 2.06. The van der Waals surface area contributed by atoms with Gasteiger partial charge in [-0.05, 0) is 49.9 Å². The van der Waals surface area contributed by atoms with Crippen LogP contribution >= 0.6 is 0 Å².